The average Bonchev–Trinajstić information content (AvgIpc) is 2.67. The van der Waals surface area contributed by atoms with Gasteiger partial charge in [0.1, 0.15) is 0 Å². The van der Waals surface area contributed by atoms with Gasteiger partial charge in [0.05, 0.1) is 10.7 Å². The zero-order valence-electron chi connectivity index (χ0n) is 14.7. The quantitative estimate of drug-likeness (QED) is 0.402. The fourth-order valence-electron chi connectivity index (χ4n) is 1.78. The van der Waals surface area contributed by atoms with Gasteiger partial charge in [-0.25, -0.2) is 4.98 Å². The van der Waals surface area contributed by atoms with E-state index in [0.29, 0.717) is 5.41 Å². The van der Waals surface area contributed by atoms with Crippen LogP contribution in [0.5, 0.6) is 0 Å². The number of nitrogens with one attached hydrogen (secondary N) is 2. The monoisotopic (exact) mass is 438 g/mol. The highest BCUT2D eigenvalue weighted by Gasteiger charge is 2.09. The lowest BCUT2D eigenvalue weighted by atomic mass is 9.93. The molecule has 0 aliphatic rings. The fourth-order valence-corrected chi connectivity index (χ4v) is 2.71. The van der Waals surface area contributed by atoms with Gasteiger partial charge in [-0.05, 0) is 32.6 Å². The number of thiazole rings is 1. The first-order valence-electron chi connectivity index (χ1n) is 7.77. The van der Waals surface area contributed by atoms with Crippen LogP contribution in [-0.2, 0) is 6.42 Å². The van der Waals surface area contributed by atoms with E-state index in [9.17, 15) is 0 Å². The number of aliphatic imine (C=N–C) groups is 1. The molecule has 0 aliphatic carbocycles. The molecule has 0 bridgehead atoms. The van der Waals surface area contributed by atoms with E-state index in [-0.39, 0.29) is 24.0 Å². The van der Waals surface area contributed by atoms with Crippen molar-refractivity contribution in [3.63, 3.8) is 0 Å². The molecule has 0 amide bonds. The van der Waals surface area contributed by atoms with Gasteiger partial charge >= 0.3 is 0 Å². The number of aromatic nitrogens is 1. The fraction of sp³-hybridized carbons (Fsp3) is 0.750. The second kappa shape index (κ2) is 10.4. The summed E-state index contributed by atoms with van der Waals surface area (Å²) < 4.78 is 0. The Hall–Kier alpha value is -0.370. The van der Waals surface area contributed by atoms with E-state index in [0.717, 1.165) is 44.1 Å². The Labute approximate surface area is 156 Å². The minimum Gasteiger partial charge on any atom is -0.357 e. The van der Waals surface area contributed by atoms with Crippen LogP contribution in [0.4, 0.5) is 0 Å². The topological polar surface area (TPSA) is 49.3 Å². The Bertz CT molecular complexity index is 444. The molecule has 6 heteroatoms. The van der Waals surface area contributed by atoms with Gasteiger partial charge in [-0.1, -0.05) is 20.8 Å². The summed E-state index contributed by atoms with van der Waals surface area (Å²) in [5.41, 5.74) is 1.48. The first-order chi connectivity index (χ1) is 9.81. The van der Waals surface area contributed by atoms with Gasteiger partial charge in [-0.3, -0.25) is 4.99 Å². The molecule has 0 atom stereocenters. The number of guanidine groups is 1. The van der Waals surface area contributed by atoms with E-state index in [1.807, 2.05) is 0 Å². The lowest BCUT2D eigenvalue weighted by Crippen LogP contribution is -2.38. The molecule has 0 saturated heterocycles. The second-order valence-corrected chi connectivity index (χ2v) is 7.79. The maximum absolute atomic E-state index is 4.63. The number of rotatable bonds is 6. The zero-order chi connectivity index (χ0) is 15.9. The van der Waals surface area contributed by atoms with Crippen LogP contribution in [0, 0.1) is 19.3 Å². The molecule has 0 aromatic carbocycles. The summed E-state index contributed by atoms with van der Waals surface area (Å²) >= 11 is 1.79. The number of nitrogens with zero attached hydrogens (tertiary/aromatic N) is 2. The predicted molar refractivity (Wildman–Crippen MR) is 109 cm³/mol. The number of halogens is 1. The molecule has 128 valence electrons. The van der Waals surface area contributed by atoms with Crippen LogP contribution in [0.15, 0.2) is 4.99 Å². The van der Waals surface area contributed by atoms with Crippen molar-refractivity contribution in [3.05, 3.63) is 15.6 Å². The smallest absolute Gasteiger partial charge is 0.191 e. The lowest BCUT2D eigenvalue weighted by Gasteiger charge is -2.17. The van der Waals surface area contributed by atoms with Crippen LogP contribution >= 0.6 is 35.3 Å². The summed E-state index contributed by atoms with van der Waals surface area (Å²) in [6.45, 7) is 15.6. The van der Waals surface area contributed by atoms with Gasteiger partial charge in [-0.2, -0.15) is 0 Å². The first kappa shape index (κ1) is 21.6. The molecular weight excluding hydrogens is 407 g/mol. The van der Waals surface area contributed by atoms with Crippen LogP contribution in [0.3, 0.4) is 0 Å². The van der Waals surface area contributed by atoms with Crippen molar-refractivity contribution in [2.45, 2.75) is 54.4 Å². The van der Waals surface area contributed by atoms with Gasteiger partial charge in [0.25, 0.3) is 0 Å². The van der Waals surface area contributed by atoms with Crippen molar-refractivity contribution in [3.8, 4) is 0 Å². The van der Waals surface area contributed by atoms with E-state index in [2.05, 4.69) is 62.2 Å². The van der Waals surface area contributed by atoms with Gasteiger partial charge in [0, 0.05) is 30.9 Å². The normalized spacial score (nSPS) is 12.0. The van der Waals surface area contributed by atoms with Gasteiger partial charge < -0.3 is 10.6 Å². The molecule has 1 heterocycles. The van der Waals surface area contributed by atoms with Crippen molar-refractivity contribution in [2.24, 2.45) is 10.4 Å². The molecule has 0 spiro atoms. The van der Waals surface area contributed by atoms with Crippen LogP contribution < -0.4 is 10.6 Å². The summed E-state index contributed by atoms with van der Waals surface area (Å²) in [6, 6.07) is 0. The molecule has 0 aliphatic heterocycles. The standard InChI is InChI=1S/C16H30N4S.HI/c1-7-17-15(19-11-9-16(4,5)6)18-10-8-14-20-12(2)13(3)21-14;/h7-11H2,1-6H3,(H2,17,18,19);1H. The van der Waals surface area contributed by atoms with Crippen molar-refractivity contribution in [2.75, 3.05) is 19.6 Å². The molecule has 4 nitrogen and oxygen atoms in total. The van der Waals surface area contributed by atoms with Crippen molar-refractivity contribution < 1.29 is 0 Å². The maximum atomic E-state index is 4.63. The molecule has 1 aromatic rings. The van der Waals surface area contributed by atoms with Gasteiger partial charge in [0.15, 0.2) is 5.96 Å². The Balaban J connectivity index is 0.00000441. The highest BCUT2D eigenvalue weighted by Crippen LogP contribution is 2.18. The molecule has 2 N–H and O–H groups in total. The van der Waals surface area contributed by atoms with Crippen molar-refractivity contribution >= 4 is 41.3 Å². The predicted octanol–water partition coefficient (Wildman–Crippen LogP) is 3.91. The summed E-state index contributed by atoms with van der Waals surface area (Å²) in [6.07, 6.45) is 2.04. The van der Waals surface area contributed by atoms with Gasteiger partial charge in [0.2, 0.25) is 0 Å². The molecule has 0 fully saturated rings. The third-order valence-electron chi connectivity index (χ3n) is 3.18. The van der Waals surface area contributed by atoms with E-state index in [4.69, 9.17) is 0 Å². The lowest BCUT2D eigenvalue weighted by molar-refractivity contribution is 0.385. The van der Waals surface area contributed by atoms with E-state index >= 15 is 0 Å². The maximum Gasteiger partial charge on any atom is 0.191 e. The van der Waals surface area contributed by atoms with Crippen LogP contribution in [-0.4, -0.2) is 30.6 Å². The molecular formula is C16H31IN4S. The van der Waals surface area contributed by atoms with Crippen molar-refractivity contribution in [1.29, 1.82) is 0 Å². The van der Waals surface area contributed by atoms with Crippen molar-refractivity contribution in [1.82, 2.24) is 15.6 Å². The Morgan fingerprint density at radius 1 is 1.23 bits per heavy atom. The SMILES string of the molecule is CCNC(=NCCC(C)(C)C)NCCc1nc(C)c(C)s1.I. The van der Waals surface area contributed by atoms with Crippen LogP contribution in [0.2, 0.25) is 0 Å². The number of hydrogen-bond donors (Lipinski definition) is 2. The van der Waals surface area contributed by atoms with Gasteiger partial charge in [-0.15, -0.1) is 35.3 Å². The minimum atomic E-state index is 0. The van der Waals surface area contributed by atoms with Crippen LogP contribution in [0.25, 0.3) is 0 Å². The highest BCUT2D eigenvalue weighted by atomic mass is 127. The summed E-state index contributed by atoms with van der Waals surface area (Å²) in [5.74, 6) is 0.909. The summed E-state index contributed by atoms with van der Waals surface area (Å²) in [4.78, 5) is 10.5. The third-order valence-corrected chi connectivity index (χ3v) is 4.31. The molecule has 0 saturated carbocycles. The van der Waals surface area contributed by atoms with Crippen LogP contribution in [0.1, 0.15) is 49.7 Å². The van der Waals surface area contributed by atoms with E-state index in [1.54, 1.807) is 11.3 Å². The van der Waals surface area contributed by atoms with E-state index in [1.165, 1.54) is 9.88 Å². The summed E-state index contributed by atoms with van der Waals surface area (Å²) in [5, 5.41) is 7.88. The largest absolute Gasteiger partial charge is 0.357 e. The Kier molecular flexibility index (Phi) is 10.2. The average molecular weight is 438 g/mol. The first-order valence-corrected chi connectivity index (χ1v) is 8.58. The molecule has 1 rings (SSSR count). The third kappa shape index (κ3) is 8.92. The number of aryl methyl sites for hydroxylation is 2. The molecule has 1 aromatic heterocycles. The highest BCUT2D eigenvalue weighted by molar-refractivity contribution is 14.0. The van der Waals surface area contributed by atoms with E-state index < -0.39 is 0 Å². The molecule has 22 heavy (non-hydrogen) atoms. The zero-order valence-corrected chi connectivity index (χ0v) is 17.9. The Morgan fingerprint density at radius 2 is 1.91 bits per heavy atom. The second-order valence-electron chi connectivity index (χ2n) is 6.50. The minimum absolute atomic E-state index is 0. The molecule has 0 unspecified atom stereocenters. The number of hydrogen-bond acceptors (Lipinski definition) is 3. The molecule has 0 radical (unpaired) electrons. The Morgan fingerprint density at radius 3 is 2.41 bits per heavy atom. The summed E-state index contributed by atoms with van der Waals surface area (Å²) in [7, 11) is 0.